The van der Waals surface area contributed by atoms with E-state index in [0.29, 0.717) is 24.4 Å². The van der Waals surface area contributed by atoms with Gasteiger partial charge in [-0.25, -0.2) is 9.59 Å². The summed E-state index contributed by atoms with van der Waals surface area (Å²) in [4.78, 5) is 32.6. The zero-order valence-corrected chi connectivity index (χ0v) is 47.2. The molecule has 18 heteroatoms. The monoisotopic (exact) mass is 896 g/mol. The minimum atomic E-state index is -1.86. The van der Waals surface area contributed by atoms with E-state index in [4.69, 9.17) is 32.9 Å². The molecule has 8 nitrogen and oxygen atoms in total. The van der Waals surface area contributed by atoms with Crippen molar-refractivity contribution in [2.75, 3.05) is 13.2 Å². The molecule has 0 amide bonds. The summed E-state index contributed by atoms with van der Waals surface area (Å²) in [5.74, 6) is -0.625. The zero-order valence-electron chi connectivity index (χ0n) is 38.4. The Bertz CT molecular complexity index is 1100. The van der Waals surface area contributed by atoms with Crippen molar-refractivity contribution in [2.24, 2.45) is 0 Å². The Balaban J connectivity index is -0.000000363. The van der Waals surface area contributed by atoms with Crippen LogP contribution < -0.4 is 23.7 Å². The summed E-state index contributed by atoms with van der Waals surface area (Å²) < 4.78 is 29.3. The summed E-state index contributed by atoms with van der Waals surface area (Å²) in [6.45, 7) is 50.7. The van der Waals surface area contributed by atoms with E-state index >= 15 is 0 Å². The molecule has 0 N–H and O–H groups in total. The molecule has 310 valence electrons. The first-order valence-electron chi connectivity index (χ1n) is 18.8. The van der Waals surface area contributed by atoms with Crippen LogP contribution in [0.3, 0.4) is 0 Å². The van der Waals surface area contributed by atoms with Gasteiger partial charge in [-0.3, -0.25) is 0 Å². The molecular formula is C35H82ClLiO8Si8. The van der Waals surface area contributed by atoms with Crippen LogP contribution in [-0.4, -0.2) is 90.8 Å². The van der Waals surface area contributed by atoms with E-state index in [0.717, 1.165) is 24.6 Å². The first-order chi connectivity index (χ1) is 22.7. The van der Waals surface area contributed by atoms with Crippen molar-refractivity contribution in [3.05, 3.63) is 24.3 Å². The molecule has 1 heterocycles. The minimum Gasteiger partial charge on any atom is -0.859 e. The summed E-state index contributed by atoms with van der Waals surface area (Å²) in [5, 5.41) is 0. The van der Waals surface area contributed by atoms with Gasteiger partial charge < -0.3 is 26.6 Å². The molecule has 1 fully saturated rings. The molecule has 0 aliphatic carbocycles. The largest absolute Gasteiger partial charge is 1.00 e. The van der Waals surface area contributed by atoms with Crippen LogP contribution in [0.25, 0.3) is 0 Å². The number of ether oxygens (including phenoxy) is 2. The van der Waals surface area contributed by atoms with Crippen molar-refractivity contribution in [1.29, 1.82) is 0 Å². The summed E-state index contributed by atoms with van der Waals surface area (Å²) in [7, 11) is -12.2. The quantitative estimate of drug-likeness (QED) is 0.0504. The van der Waals surface area contributed by atoms with E-state index in [1.807, 2.05) is 13.1 Å². The molecule has 0 radical (unpaired) electrons. The fourth-order valence-corrected chi connectivity index (χ4v) is 37.2. The van der Waals surface area contributed by atoms with Crippen LogP contribution in [0.4, 0.5) is 0 Å². The van der Waals surface area contributed by atoms with Crippen LogP contribution >= 0.6 is 11.1 Å². The smallest absolute Gasteiger partial charge is 0.859 e. The zero-order chi connectivity index (χ0) is 42.2. The SMILES string of the molecule is C=C(C)C(=O)OCCC[Si](C)(C)O[Si](C)(C)CC[Si](C)(C)O[Si](C)(C)C.C=C(C)C(=O)OCC[Si](C)(C)Cl.C[Si](C)(C)[O-].C[Si]1(C)CC[Si](C)(C)O1.[Li+]. The third kappa shape index (κ3) is 43.8. The van der Waals surface area contributed by atoms with Crippen molar-refractivity contribution in [3.63, 3.8) is 0 Å². The van der Waals surface area contributed by atoms with E-state index in [-0.39, 0.29) is 30.8 Å². The fraction of sp³-hybridized carbons (Fsp3) is 0.829. The van der Waals surface area contributed by atoms with Crippen LogP contribution in [0.1, 0.15) is 20.3 Å². The van der Waals surface area contributed by atoms with Gasteiger partial charge >= 0.3 is 30.8 Å². The van der Waals surface area contributed by atoms with Gasteiger partial charge in [-0.1, -0.05) is 54.2 Å². The predicted octanol–water partition coefficient (Wildman–Crippen LogP) is 8.14. The van der Waals surface area contributed by atoms with Gasteiger partial charge in [0.2, 0.25) is 0 Å². The molecule has 1 aliphatic rings. The summed E-state index contributed by atoms with van der Waals surface area (Å²) in [6.07, 6.45) is 0.863. The van der Waals surface area contributed by atoms with Crippen LogP contribution in [0.5, 0.6) is 0 Å². The molecule has 53 heavy (non-hydrogen) atoms. The molecule has 0 spiro atoms. The molecule has 0 unspecified atom stereocenters. The van der Waals surface area contributed by atoms with E-state index < -0.39 is 65.6 Å². The predicted molar refractivity (Wildman–Crippen MR) is 246 cm³/mol. The van der Waals surface area contributed by atoms with Gasteiger partial charge in [0, 0.05) is 11.1 Å². The average molecular weight is 898 g/mol. The van der Waals surface area contributed by atoms with Gasteiger partial charge in [0.05, 0.1) is 13.2 Å². The van der Waals surface area contributed by atoms with E-state index in [1.165, 1.54) is 18.1 Å². The fourth-order valence-electron chi connectivity index (χ4n) is 5.08. The van der Waals surface area contributed by atoms with Gasteiger partial charge in [0.25, 0.3) is 0 Å². The van der Waals surface area contributed by atoms with Crippen LogP contribution in [0.15, 0.2) is 24.3 Å². The van der Waals surface area contributed by atoms with E-state index in [9.17, 15) is 14.4 Å². The van der Waals surface area contributed by atoms with Crippen LogP contribution in [-0.2, 0) is 31.4 Å². The van der Waals surface area contributed by atoms with E-state index in [1.54, 1.807) is 33.5 Å². The molecule has 1 rings (SSSR count). The van der Waals surface area contributed by atoms with Crippen LogP contribution in [0, 0.1) is 0 Å². The van der Waals surface area contributed by atoms with Crippen molar-refractivity contribution in [1.82, 2.24) is 0 Å². The van der Waals surface area contributed by atoms with Gasteiger partial charge in [-0.15, -0.1) is 0 Å². The Morgan fingerprint density at radius 1 is 0.642 bits per heavy atom. The standard InChI is InChI=1S/C18H42O4Si4.C8H15ClO2Si.C6H16OSi2.C3H9OSi.Li/c1-17(2)18(19)20-13-12-14-24(6,7)22-26(10,11)16-15-25(8,9)21-23(3,4)5;1-7(2)8(10)11-5-6-12(3,4)9;1-8(2)5-6-9(3,4)7-8;1-5(2,3)4;/h1,12-16H2,2-11H3;1,5-6H2,2-4H3;5-6H2,1-4H3;1-3H3;/q;;;-1;+1. The van der Waals surface area contributed by atoms with Crippen molar-refractivity contribution in [3.8, 4) is 0 Å². The molecule has 0 atom stereocenters. The third-order valence-corrected chi connectivity index (χ3v) is 31.0. The van der Waals surface area contributed by atoms with Gasteiger partial charge in [-0.2, -0.15) is 11.1 Å². The Labute approximate surface area is 353 Å². The number of hydrogen-bond acceptors (Lipinski definition) is 8. The Morgan fingerprint density at radius 2 is 0.962 bits per heavy atom. The third-order valence-electron chi connectivity index (χ3n) is 7.13. The second kappa shape index (κ2) is 25.4. The van der Waals surface area contributed by atoms with Gasteiger partial charge in [0.15, 0.2) is 57.3 Å². The first kappa shape index (κ1) is 60.6. The Morgan fingerprint density at radius 3 is 1.25 bits per heavy atom. The number of halogens is 1. The summed E-state index contributed by atoms with van der Waals surface area (Å²) in [5.41, 5.74) is 0.891. The molecule has 0 bridgehead atoms. The molecule has 0 saturated carbocycles. The summed E-state index contributed by atoms with van der Waals surface area (Å²) in [6, 6.07) is 6.93. The topological polar surface area (TPSA) is 103 Å². The molecule has 0 aromatic heterocycles. The maximum atomic E-state index is 11.4. The van der Waals surface area contributed by atoms with Crippen molar-refractivity contribution < 1.29 is 55.1 Å². The number of carbonyl (C=O) groups excluding carboxylic acids is 2. The van der Waals surface area contributed by atoms with Crippen LogP contribution in [0.2, 0.25) is 154 Å². The average Bonchev–Trinajstić information content (AvgIpc) is 3.12. The molecule has 0 aromatic carbocycles. The minimum absolute atomic E-state index is 0. The van der Waals surface area contributed by atoms with Gasteiger partial charge in [0.1, 0.15) is 0 Å². The number of hydrogen-bond donors (Lipinski definition) is 0. The van der Waals surface area contributed by atoms with E-state index in [2.05, 4.69) is 98.3 Å². The van der Waals surface area contributed by atoms with Crippen molar-refractivity contribution in [2.45, 2.75) is 174 Å². The molecule has 1 saturated heterocycles. The number of esters is 2. The Kier molecular flexibility index (Phi) is 29.0. The number of carbonyl (C=O) groups is 2. The molecule has 1 aliphatic heterocycles. The second-order valence-corrected chi connectivity index (χ2v) is 57.7. The summed E-state index contributed by atoms with van der Waals surface area (Å²) >= 11 is 6.02. The van der Waals surface area contributed by atoms with Crippen molar-refractivity contribution >= 4 is 88.6 Å². The number of rotatable bonds is 16. The molecular weight excluding hydrogens is 815 g/mol. The first-order valence-corrected chi connectivity index (χ1v) is 45.5. The Hall–Kier alpha value is 0.882. The maximum Gasteiger partial charge on any atom is 1.00 e. The normalized spacial score (nSPS) is 15.5. The van der Waals surface area contributed by atoms with Gasteiger partial charge in [-0.05, 0) is 142 Å². The maximum absolute atomic E-state index is 11.4. The second-order valence-electron chi connectivity index (χ2n) is 19.7. The molecule has 0 aromatic rings.